The molecule has 0 aliphatic carbocycles. The molecule has 3 heteroatoms. The molecule has 2 atom stereocenters. The summed E-state index contributed by atoms with van der Waals surface area (Å²) in [5.74, 6) is 0.125. The number of benzene rings is 1. The van der Waals surface area contributed by atoms with Gasteiger partial charge in [-0.2, -0.15) is 0 Å². The van der Waals surface area contributed by atoms with Gasteiger partial charge in [-0.3, -0.25) is 0 Å². The van der Waals surface area contributed by atoms with Crippen LogP contribution in [0.1, 0.15) is 38.2 Å². The van der Waals surface area contributed by atoms with E-state index in [4.69, 9.17) is 0 Å². The number of phenols is 1. The molecule has 2 rings (SSSR count). The van der Waals surface area contributed by atoms with Crippen LogP contribution in [-0.2, 0) is 5.67 Å². The normalized spacial score (nSPS) is 24.9. The lowest BCUT2D eigenvalue weighted by molar-refractivity contribution is 0.122. The van der Waals surface area contributed by atoms with Crippen LogP contribution in [0.3, 0.4) is 0 Å². The molecule has 0 aromatic heterocycles. The van der Waals surface area contributed by atoms with Crippen LogP contribution in [0.5, 0.6) is 5.75 Å². The molecule has 0 spiro atoms. The average Bonchev–Trinajstić information content (AvgIpc) is 2.58. The summed E-state index contributed by atoms with van der Waals surface area (Å²) in [6.45, 7) is 2.48. The fourth-order valence-electron chi connectivity index (χ4n) is 2.50. The van der Waals surface area contributed by atoms with Crippen molar-refractivity contribution in [2.24, 2.45) is 0 Å². The molecule has 94 valence electrons. The Labute approximate surface area is 102 Å². The van der Waals surface area contributed by atoms with E-state index in [0.29, 0.717) is 5.56 Å². The minimum Gasteiger partial charge on any atom is -0.508 e. The Morgan fingerprint density at radius 3 is 2.94 bits per heavy atom. The van der Waals surface area contributed by atoms with Gasteiger partial charge in [0.05, 0.1) is 0 Å². The molecule has 1 aromatic rings. The first-order chi connectivity index (χ1) is 8.10. The van der Waals surface area contributed by atoms with Gasteiger partial charge >= 0.3 is 0 Å². The predicted molar refractivity (Wildman–Crippen MR) is 66.8 cm³/mol. The van der Waals surface area contributed by atoms with Gasteiger partial charge in [0.1, 0.15) is 11.4 Å². The van der Waals surface area contributed by atoms with Gasteiger partial charge in [-0.25, -0.2) is 4.39 Å². The summed E-state index contributed by atoms with van der Waals surface area (Å²) in [4.78, 5) is 0. The molecule has 1 aliphatic rings. The first-order valence-electron chi connectivity index (χ1n) is 6.32. The second-order valence-electron chi connectivity index (χ2n) is 4.98. The number of phenolic OH excluding ortho intramolecular Hbond substituents is 1. The van der Waals surface area contributed by atoms with Crippen LogP contribution >= 0.6 is 0 Å². The van der Waals surface area contributed by atoms with Gasteiger partial charge in [0.2, 0.25) is 0 Å². The van der Waals surface area contributed by atoms with E-state index in [2.05, 4.69) is 5.32 Å². The van der Waals surface area contributed by atoms with Crippen LogP contribution in [0.2, 0.25) is 0 Å². The predicted octanol–water partition coefficient (Wildman–Crippen LogP) is 3.11. The van der Waals surface area contributed by atoms with E-state index in [1.807, 2.05) is 0 Å². The van der Waals surface area contributed by atoms with Gasteiger partial charge in [-0.1, -0.05) is 25.0 Å². The molecule has 1 aliphatic heterocycles. The summed E-state index contributed by atoms with van der Waals surface area (Å²) in [6.07, 6.45) is 4.20. The average molecular weight is 237 g/mol. The number of aromatic hydroxyl groups is 1. The third-order valence-corrected chi connectivity index (χ3v) is 3.63. The van der Waals surface area contributed by atoms with Crippen LogP contribution in [0.4, 0.5) is 4.39 Å². The van der Waals surface area contributed by atoms with E-state index >= 15 is 0 Å². The fraction of sp³-hybridized carbons (Fsp3) is 0.571. The standard InChI is InChI=1S/C14H20FNO/c1-14(15,11-6-5-7-12(17)10-11)13-8-3-2-4-9-16-13/h5-7,10,13,16-17H,2-4,8-9H2,1H3. The minimum absolute atomic E-state index is 0.125. The summed E-state index contributed by atoms with van der Waals surface area (Å²) in [5.41, 5.74) is -0.875. The van der Waals surface area contributed by atoms with Gasteiger partial charge in [0.15, 0.2) is 0 Å². The Bertz CT molecular complexity index is 370. The highest BCUT2D eigenvalue weighted by atomic mass is 19.1. The Morgan fingerprint density at radius 2 is 2.18 bits per heavy atom. The van der Waals surface area contributed by atoms with Crippen molar-refractivity contribution in [1.29, 1.82) is 0 Å². The summed E-state index contributed by atoms with van der Waals surface area (Å²) in [5, 5.41) is 12.7. The lowest BCUT2D eigenvalue weighted by Gasteiger charge is -2.31. The molecule has 1 aromatic carbocycles. The van der Waals surface area contributed by atoms with Gasteiger partial charge in [-0.15, -0.1) is 0 Å². The molecule has 0 radical (unpaired) electrons. The Balaban J connectivity index is 2.21. The molecule has 1 saturated heterocycles. The third-order valence-electron chi connectivity index (χ3n) is 3.63. The molecule has 0 saturated carbocycles. The second-order valence-corrected chi connectivity index (χ2v) is 4.98. The molecule has 1 fully saturated rings. The first-order valence-corrected chi connectivity index (χ1v) is 6.32. The van der Waals surface area contributed by atoms with E-state index < -0.39 is 5.67 Å². The lowest BCUT2D eigenvalue weighted by Crippen LogP contribution is -2.43. The maximum Gasteiger partial charge on any atom is 0.148 e. The zero-order valence-electron chi connectivity index (χ0n) is 10.2. The number of rotatable bonds is 2. The SMILES string of the molecule is CC(F)(c1cccc(O)c1)C1CCCCCN1. The van der Waals surface area contributed by atoms with E-state index in [1.54, 1.807) is 25.1 Å². The number of halogens is 1. The maximum atomic E-state index is 14.9. The van der Waals surface area contributed by atoms with Crippen molar-refractivity contribution in [2.75, 3.05) is 6.54 Å². The topological polar surface area (TPSA) is 32.3 Å². The highest BCUT2D eigenvalue weighted by Gasteiger charge is 2.36. The summed E-state index contributed by atoms with van der Waals surface area (Å²) < 4.78 is 14.9. The first kappa shape index (κ1) is 12.4. The summed E-state index contributed by atoms with van der Waals surface area (Å²) in [6, 6.07) is 6.37. The number of hydrogen-bond donors (Lipinski definition) is 2. The van der Waals surface area contributed by atoms with Crippen LogP contribution in [0, 0.1) is 0 Å². The Morgan fingerprint density at radius 1 is 1.35 bits per heavy atom. The zero-order chi connectivity index (χ0) is 12.3. The van der Waals surface area contributed by atoms with Crippen molar-refractivity contribution >= 4 is 0 Å². The van der Waals surface area contributed by atoms with Crippen molar-refractivity contribution in [3.05, 3.63) is 29.8 Å². The van der Waals surface area contributed by atoms with E-state index in [1.165, 1.54) is 12.5 Å². The monoisotopic (exact) mass is 237 g/mol. The van der Waals surface area contributed by atoms with Gasteiger partial charge < -0.3 is 10.4 Å². The summed E-state index contributed by atoms with van der Waals surface area (Å²) >= 11 is 0. The fourth-order valence-corrected chi connectivity index (χ4v) is 2.50. The quantitative estimate of drug-likeness (QED) is 0.828. The molecule has 2 N–H and O–H groups in total. The molecule has 0 bridgehead atoms. The van der Waals surface area contributed by atoms with Crippen molar-refractivity contribution < 1.29 is 9.50 Å². The van der Waals surface area contributed by atoms with Gasteiger partial charge in [-0.05, 0) is 44.0 Å². The Kier molecular flexibility index (Phi) is 3.67. The van der Waals surface area contributed by atoms with Crippen LogP contribution in [0.25, 0.3) is 0 Å². The second kappa shape index (κ2) is 5.05. The molecule has 2 unspecified atom stereocenters. The number of hydrogen-bond acceptors (Lipinski definition) is 2. The van der Waals surface area contributed by atoms with Crippen molar-refractivity contribution in [3.63, 3.8) is 0 Å². The molecule has 17 heavy (non-hydrogen) atoms. The number of alkyl halides is 1. The Hall–Kier alpha value is -1.09. The highest BCUT2D eigenvalue weighted by Crippen LogP contribution is 2.34. The smallest absolute Gasteiger partial charge is 0.148 e. The summed E-state index contributed by atoms with van der Waals surface area (Å²) in [7, 11) is 0. The van der Waals surface area contributed by atoms with Crippen molar-refractivity contribution in [1.82, 2.24) is 5.32 Å². The lowest BCUT2D eigenvalue weighted by atomic mass is 9.87. The minimum atomic E-state index is -1.43. The molecule has 1 heterocycles. The molecular weight excluding hydrogens is 217 g/mol. The maximum absolute atomic E-state index is 14.9. The molecule has 2 nitrogen and oxygen atoms in total. The number of nitrogens with one attached hydrogen (secondary N) is 1. The molecular formula is C14H20FNO. The zero-order valence-corrected chi connectivity index (χ0v) is 10.2. The van der Waals surface area contributed by atoms with E-state index in [-0.39, 0.29) is 11.8 Å². The van der Waals surface area contributed by atoms with Crippen LogP contribution < -0.4 is 5.32 Å². The molecule has 0 amide bonds. The van der Waals surface area contributed by atoms with Crippen molar-refractivity contribution in [3.8, 4) is 5.75 Å². The van der Waals surface area contributed by atoms with Crippen LogP contribution in [0.15, 0.2) is 24.3 Å². The van der Waals surface area contributed by atoms with Gasteiger partial charge in [0.25, 0.3) is 0 Å². The van der Waals surface area contributed by atoms with Crippen molar-refractivity contribution in [2.45, 2.75) is 44.3 Å². The largest absolute Gasteiger partial charge is 0.508 e. The highest BCUT2D eigenvalue weighted by molar-refractivity contribution is 5.32. The van der Waals surface area contributed by atoms with E-state index in [9.17, 15) is 9.50 Å². The van der Waals surface area contributed by atoms with Crippen LogP contribution in [-0.4, -0.2) is 17.7 Å². The van der Waals surface area contributed by atoms with Gasteiger partial charge in [0, 0.05) is 6.04 Å². The third kappa shape index (κ3) is 2.78. The van der Waals surface area contributed by atoms with E-state index in [0.717, 1.165) is 25.8 Å².